The van der Waals surface area contributed by atoms with E-state index >= 15 is 0 Å². The van der Waals surface area contributed by atoms with Crippen LogP contribution >= 0.6 is 0 Å². The van der Waals surface area contributed by atoms with E-state index in [4.69, 9.17) is 0 Å². The second-order valence-electron chi connectivity index (χ2n) is 7.55. The van der Waals surface area contributed by atoms with Gasteiger partial charge in [-0.15, -0.1) is 0 Å². The number of hydrogen-bond acceptors (Lipinski definition) is 2. The molecule has 1 unspecified atom stereocenters. The minimum absolute atomic E-state index is 0.310. The van der Waals surface area contributed by atoms with E-state index in [-0.39, 0.29) is 0 Å². The highest BCUT2D eigenvalue weighted by atomic mass is 16.2. The predicted octanol–water partition coefficient (Wildman–Crippen LogP) is 3.09. The fourth-order valence-electron chi connectivity index (χ4n) is 4.40. The molecule has 0 aromatic heterocycles. The van der Waals surface area contributed by atoms with Gasteiger partial charge in [0.15, 0.2) is 0 Å². The molecular weight excluding hydrogens is 272 g/mol. The van der Waals surface area contributed by atoms with Gasteiger partial charge in [-0.25, -0.2) is 0 Å². The number of carbonyl (C=O) groups is 1. The summed E-state index contributed by atoms with van der Waals surface area (Å²) in [5.41, 5.74) is 2.91. The van der Waals surface area contributed by atoms with Gasteiger partial charge in [-0.3, -0.25) is 4.79 Å². The molecule has 1 atom stereocenters. The SMILES string of the molecule is CC(CC(=O)N1CC2(CC2)c2ccccc21)C1CCNCC1. The minimum Gasteiger partial charge on any atom is -0.317 e. The second-order valence-corrected chi connectivity index (χ2v) is 7.55. The third-order valence-electron chi connectivity index (χ3n) is 6.07. The maximum absolute atomic E-state index is 12.9. The van der Waals surface area contributed by atoms with Gasteiger partial charge < -0.3 is 10.2 Å². The van der Waals surface area contributed by atoms with Crippen LogP contribution in [0.1, 0.15) is 44.6 Å². The maximum atomic E-state index is 12.9. The van der Waals surface area contributed by atoms with E-state index in [1.165, 1.54) is 36.9 Å². The average Bonchev–Trinajstić information content (AvgIpc) is 3.26. The van der Waals surface area contributed by atoms with Crippen molar-refractivity contribution in [3.05, 3.63) is 29.8 Å². The molecule has 0 bridgehead atoms. The number of amides is 1. The lowest BCUT2D eigenvalue weighted by atomic mass is 9.84. The molecule has 3 heteroatoms. The summed E-state index contributed by atoms with van der Waals surface area (Å²) in [6.07, 6.45) is 5.63. The molecule has 2 heterocycles. The fourth-order valence-corrected chi connectivity index (χ4v) is 4.40. The Kier molecular flexibility index (Phi) is 3.48. The van der Waals surface area contributed by atoms with Crippen LogP contribution in [0.25, 0.3) is 0 Å². The topological polar surface area (TPSA) is 32.3 Å². The Labute approximate surface area is 133 Å². The van der Waals surface area contributed by atoms with Crippen molar-refractivity contribution in [2.24, 2.45) is 11.8 Å². The van der Waals surface area contributed by atoms with Gasteiger partial charge in [0, 0.05) is 24.1 Å². The first-order valence-corrected chi connectivity index (χ1v) is 8.80. The van der Waals surface area contributed by atoms with Crippen molar-refractivity contribution in [3.8, 4) is 0 Å². The van der Waals surface area contributed by atoms with Gasteiger partial charge in [-0.2, -0.15) is 0 Å². The van der Waals surface area contributed by atoms with E-state index in [0.717, 1.165) is 19.6 Å². The first-order chi connectivity index (χ1) is 10.7. The number of carbonyl (C=O) groups excluding carboxylic acids is 1. The Hall–Kier alpha value is -1.35. The summed E-state index contributed by atoms with van der Waals surface area (Å²) >= 11 is 0. The monoisotopic (exact) mass is 298 g/mol. The Morgan fingerprint density at radius 2 is 2.05 bits per heavy atom. The molecule has 3 aliphatic rings. The van der Waals surface area contributed by atoms with Crippen LogP contribution in [0, 0.1) is 11.8 Å². The van der Waals surface area contributed by atoms with Gasteiger partial charge >= 0.3 is 0 Å². The smallest absolute Gasteiger partial charge is 0.227 e. The molecule has 1 spiro atoms. The molecule has 2 aliphatic heterocycles. The summed E-state index contributed by atoms with van der Waals surface area (Å²) in [5, 5.41) is 3.41. The summed E-state index contributed by atoms with van der Waals surface area (Å²) in [4.78, 5) is 15.0. The van der Waals surface area contributed by atoms with Crippen LogP contribution in [0.5, 0.6) is 0 Å². The lowest BCUT2D eigenvalue weighted by molar-refractivity contribution is -0.119. The molecule has 1 saturated heterocycles. The van der Waals surface area contributed by atoms with Crippen LogP contribution in [0.4, 0.5) is 5.69 Å². The normalized spacial score (nSPS) is 24.3. The van der Waals surface area contributed by atoms with Crippen molar-refractivity contribution in [1.82, 2.24) is 5.32 Å². The molecule has 1 aromatic rings. The molecule has 1 N–H and O–H groups in total. The number of rotatable bonds is 3. The van der Waals surface area contributed by atoms with Crippen molar-refractivity contribution in [2.75, 3.05) is 24.5 Å². The van der Waals surface area contributed by atoms with Gasteiger partial charge in [0.25, 0.3) is 0 Å². The summed E-state index contributed by atoms with van der Waals surface area (Å²) < 4.78 is 0. The van der Waals surface area contributed by atoms with E-state index in [1.807, 2.05) is 0 Å². The zero-order chi connectivity index (χ0) is 15.2. The zero-order valence-electron chi connectivity index (χ0n) is 13.5. The third kappa shape index (κ3) is 2.36. The van der Waals surface area contributed by atoms with Crippen LogP contribution < -0.4 is 10.2 Å². The second kappa shape index (κ2) is 5.38. The number of para-hydroxylation sites is 1. The Morgan fingerprint density at radius 3 is 2.77 bits per heavy atom. The number of anilines is 1. The molecule has 1 aromatic carbocycles. The molecule has 22 heavy (non-hydrogen) atoms. The van der Waals surface area contributed by atoms with Crippen LogP contribution in [0.2, 0.25) is 0 Å². The number of nitrogens with one attached hydrogen (secondary N) is 1. The van der Waals surface area contributed by atoms with Crippen molar-refractivity contribution >= 4 is 11.6 Å². The van der Waals surface area contributed by atoms with E-state index in [0.29, 0.717) is 29.6 Å². The molecule has 2 fully saturated rings. The van der Waals surface area contributed by atoms with Crippen molar-refractivity contribution < 1.29 is 4.79 Å². The fraction of sp³-hybridized carbons (Fsp3) is 0.632. The number of benzene rings is 1. The third-order valence-corrected chi connectivity index (χ3v) is 6.07. The summed E-state index contributed by atoms with van der Waals surface area (Å²) in [6, 6.07) is 8.54. The van der Waals surface area contributed by atoms with Crippen LogP contribution in [-0.4, -0.2) is 25.5 Å². The number of fused-ring (bicyclic) bond motifs is 2. The van der Waals surface area contributed by atoms with E-state index in [2.05, 4.69) is 41.4 Å². The molecule has 1 saturated carbocycles. The Morgan fingerprint density at radius 1 is 1.32 bits per heavy atom. The summed E-state index contributed by atoms with van der Waals surface area (Å²) in [5.74, 6) is 1.54. The van der Waals surface area contributed by atoms with Crippen LogP contribution in [0.15, 0.2) is 24.3 Å². The van der Waals surface area contributed by atoms with E-state index < -0.39 is 0 Å². The predicted molar refractivity (Wildman–Crippen MR) is 89.1 cm³/mol. The van der Waals surface area contributed by atoms with Gasteiger partial charge in [0.05, 0.1) is 0 Å². The molecule has 3 nitrogen and oxygen atoms in total. The quantitative estimate of drug-likeness (QED) is 0.930. The highest BCUT2D eigenvalue weighted by Gasteiger charge is 2.52. The summed E-state index contributed by atoms with van der Waals surface area (Å²) in [6.45, 7) is 5.41. The Balaban J connectivity index is 1.47. The van der Waals surface area contributed by atoms with Crippen LogP contribution in [0.3, 0.4) is 0 Å². The molecule has 0 radical (unpaired) electrons. The van der Waals surface area contributed by atoms with Gasteiger partial charge in [-0.05, 0) is 62.2 Å². The number of hydrogen-bond donors (Lipinski definition) is 1. The number of nitrogens with zero attached hydrogens (tertiary/aromatic N) is 1. The molecule has 1 aliphatic carbocycles. The molecule has 4 rings (SSSR count). The highest BCUT2D eigenvalue weighted by molar-refractivity contribution is 5.96. The summed E-state index contributed by atoms with van der Waals surface area (Å²) in [7, 11) is 0. The lowest BCUT2D eigenvalue weighted by Gasteiger charge is -2.29. The Bertz CT molecular complexity index is 573. The standard InChI is InChI=1S/C19H26N2O/c1-14(15-6-10-20-11-7-15)12-18(22)21-13-19(8-9-19)16-4-2-3-5-17(16)21/h2-5,14-15,20H,6-13H2,1H3. The molecular formula is C19H26N2O. The first-order valence-electron chi connectivity index (χ1n) is 8.80. The van der Waals surface area contributed by atoms with Gasteiger partial charge in [-0.1, -0.05) is 25.1 Å². The maximum Gasteiger partial charge on any atom is 0.227 e. The van der Waals surface area contributed by atoms with Gasteiger partial charge in [0.1, 0.15) is 0 Å². The van der Waals surface area contributed by atoms with Crippen LogP contribution in [-0.2, 0) is 10.2 Å². The van der Waals surface area contributed by atoms with Gasteiger partial charge in [0.2, 0.25) is 5.91 Å². The van der Waals surface area contributed by atoms with Crippen molar-refractivity contribution in [2.45, 2.75) is 44.4 Å². The molecule has 118 valence electrons. The molecule has 1 amide bonds. The van der Waals surface area contributed by atoms with Crippen molar-refractivity contribution in [1.29, 1.82) is 0 Å². The van der Waals surface area contributed by atoms with E-state index in [9.17, 15) is 4.79 Å². The lowest BCUT2D eigenvalue weighted by Crippen LogP contribution is -2.36. The zero-order valence-corrected chi connectivity index (χ0v) is 13.5. The largest absolute Gasteiger partial charge is 0.317 e. The first kappa shape index (κ1) is 14.3. The van der Waals surface area contributed by atoms with Crippen molar-refractivity contribution in [3.63, 3.8) is 0 Å². The van der Waals surface area contributed by atoms with E-state index in [1.54, 1.807) is 0 Å². The minimum atomic E-state index is 0.310. The number of piperidine rings is 1. The highest BCUT2D eigenvalue weighted by Crippen LogP contribution is 2.56. The average molecular weight is 298 g/mol.